The van der Waals surface area contributed by atoms with Crippen LogP contribution in [-0.4, -0.2) is 62.3 Å². The Morgan fingerprint density at radius 2 is 1.91 bits per heavy atom. The van der Waals surface area contributed by atoms with Crippen molar-refractivity contribution in [2.45, 2.75) is 42.3 Å². The summed E-state index contributed by atoms with van der Waals surface area (Å²) in [7, 11) is -4.11. The van der Waals surface area contributed by atoms with E-state index in [9.17, 15) is 18.0 Å². The molecule has 2 aromatic carbocycles. The monoisotopic (exact) mass is 470 g/mol. The molecule has 3 amide bonds. The number of nitrogens with zero attached hydrogens (tertiary/aromatic N) is 1. The quantitative estimate of drug-likeness (QED) is 0.530. The number of hydrogen-bond donors (Lipinski definition) is 3. The molecule has 3 unspecified atom stereocenters. The summed E-state index contributed by atoms with van der Waals surface area (Å²) in [5.41, 5.74) is 0.536. The Morgan fingerprint density at radius 1 is 1.21 bits per heavy atom. The first kappa shape index (κ1) is 22.9. The van der Waals surface area contributed by atoms with E-state index in [1.807, 2.05) is 35.1 Å². The van der Waals surface area contributed by atoms with Crippen LogP contribution in [0.25, 0.3) is 0 Å². The number of urea groups is 1. The van der Waals surface area contributed by atoms with Crippen molar-refractivity contribution in [3.8, 4) is 0 Å². The number of carbonyl (C=O) groups excluding carboxylic acids is 2. The van der Waals surface area contributed by atoms with Gasteiger partial charge in [0.15, 0.2) is 0 Å². The number of likely N-dealkylation sites (tertiary alicyclic amines) is 1. The van der Waals surface area contributed by atoms with Crippen LogP contribution in [0.2, 0.25) is 0 Å². The SMILES string of the molecule is Cc1ccccc1S(=O)(=O)NC(=O)NC(Cc1ccccc1)C(=O)N1CC2(C=N)CC1CO2. The number of sulfonamides is 1. The molecule has 0 saturated carbocycles. The molecule has 10 heteroatoms. The van der Waals surface area contributed by atoms with Gasteiger partial charge in [-0.1, -0.05) is 48.5 Å². The highest BCUT2D eigenvalue weighted by Gasteiger charge is 2.52. The second-order valence-electron chi connectivity index (χ2n) is 8.43. The summed E-state index contributed by atoms with van der Waals surface area (Å²) in [5.74, 6) is -0.334. The second-order valence-corrected chi connectivity index (χ2v) is 10.1. The maximum atomic E-state index is 13.4. The van der Waals surface area contributed by atoms with Crippen LogP contribution in [0.4, 0.5) is 4.79 Å². The van der Waals surface area contributed by atoms with E-state index in [2.05, 4.69) is 5.32 Å². The first-order valence-corrected chi connectivity index (χ1v) is 12.1. The molecule has 4 rings (SSSR count). The number of ether oxygens (including phenoxy) is 1. The number of carbonyl (C=O) groups is 2. The maximum Gasteiger partial charge on any atom is 0.329 e. The number of benzene rings is 2. The minimum Gasteiger partial charge on any atom is -0.365 e. The predicted molar refractivity (Wildman–Crippen MR) is 122 cm³/mol. The topological polar surface area (TPSA) is 129 Å². The van der Waals surface area contributed by atoms with Crippen molar-refractivity contribution in [2.75, 3.05) is 13.2 Å². The van der Waals surface area contributed by atoms with E-state index in [1.165, 1.54) is 12.3 Å². The Hall–Kier alpha value is -3.24. The fraction of sp³-hybridized carbons (Fsp3) is 0.348. The number of hydrogen-bond acceptors (Lipinski definition) is 6. The molecule has 2 fully saturated rings. The normalized spacial score (nSPS) is 22.6. The summed E-state index contributed by atoms with van der Waals surface area (Å²) in [5, 5.41) is 10.2. The maximum absolute atomic E-state index is 13.4. The van der Waals surface area contributed by atoms with Gasteiger partial charge in [0.05, 0.1) is 24.1 Å². The van der Waals surface area contributed by atoms with Crippen molar-refractivity contribution in [2.24, 2.45) is 0 Å². The van der Waals surface area contributed by atoms with Gasteiger partial charge < -0.3 is 20.4 Å². The lowest BCUT2D eigenvalue weighted by molar-refractivity contribution is -0.138. The Balaban J connectivity index is 1.53. The third-order valence-electron chi connectivity index (χ3n) is 6.07. The standard InChI is InChI=1S/C23H26N4O5S/c1-16-7-5-6-10-20(16)33(30,31)26-22(29)25-19(11-17-8-3-2-4-9-17)21(28)27-15-23(14-24)12-18(27)13-32-23/h2-10,14,18-19,24H,11-13,15H2,1H3,(H2,25,26,29). The van der Waals surface area contributed by atoms with Crippen LogP contribution in [0.15, 0.2) is 59.5 Å². The average molecular weight is 471 g/mol. The van der Waals surface area contributed by atoms with Gasteiger partial charge in [-0.2, -0.15) is 0 Å². The Bertz CT molecular complexity index is 1170. The average Bonchev–Trinajstić information content (AvgIpc) is 3.38. The molecule has 174 valence electrons. The Labute approximate surface area is 192 Å². The molecular weight excluding hydrogens is 444 g/mol. The van der Waals surface area contributed by atoms with Gasteiger partial charge in [-0.05, 0) is 24.1 Å². The van der Waals surface area contributed by atoms with Crippen LogP contribution >= 0.6 is 0 Å². The molecule has 9 nitrogen and oxygen atoms in total. The van der Waals surface area contributed by atoms with Crippen molar-refractivity contribution in [1.29, 1.82) is 5.41 Å². The van der Waals surface area contributed by atoms with Crippen molar-refractivity contribution >= 4 is 28.2 Å². The summed E-state index contributed by atoms with van der Waals surface area (Å²) < 4.78 is 33.1. The van der Waals surface area contributed by atoms with Gasteiger partial charge in [-0.25, -0.2) is 17.9 Å². The Kier molecular flexibility index (Phi) is 6.22. The summed E-state index contributed by atoms with van der Waals surface area (Å²) in [6.45, 7) is 2.20. The number of fused-ring (bicyclic) bond motifs is 2. The summed E-state index contributed by atoms with van der Waals surface area (Å²) in [6.07, 6.45) is 1.95. The first-order valence-electron chi connectivity index (χ1n) is 10.6. The van der Waals surface area contributed by atoms with E-state index in [4.69, 9.17) is 10.1 Å². The third-order valence-corrected chi connectivity index (χ3v) is 7.56. The fourth-order valence-electron chi connectivity index (χ4n) is 4.38. The molecule has 2 saturated heterocycles. The smallest absolute Gasteiger partial charge is 0.329 e. The van der Waals surface area contributed by atoms with Gasteiger partial charge >= 0.3 is 6.03 Å². The van der Waals surface area contributed by atoms with Crippen molar-refractivity contribution in [3.63, 3.8) is 0 Å². The van der Waals surface area contributed by atoms with Gasteiger partial charge in [0.2, 0.25) is 5.91 Å². The van der Waals surface area contributed by atoms with E-state index in [0.29, 0.717) is 18.6 Å². The summed E-state index contributed by atoms with van der Waals surface area (Å²) in [6, 6.07) is 13.4. The highest BCUT2D eigenvalue weighted by Crippen LogP contribution is 2.36. The second kappa shape index (κ2) is 8.95. The molecular formula is C23H26N4O5S. The third kappa shape index (κ3) is 4.76. The van der Waals surface area contributed by atoms with Crippen molar-refractivity contribution < 1.29 is 22.7 Å². The van der Waals surface area contributed by atoms with Crippen LogP contribution in [0.5, 0.6) is 0 Å². The summed E-state index contributed by atoms with van der Waals surface area (Å²) >= 11 is 0. The minimum atomic E-state index is -4.11. The lowest BCUT2D eigenvalue weighted by atomic mass is 10.0. The molecule has 0 aromatic heterocycles. The molecule has 0 spiro atoms. The molecule has 3 atom stereocenters. The fourth-order valence-corrected chi connectivity index (χ4v) is 5.55. The zero-order valence-corrected chi connectivity index (χ0v) is 19.0. The van der Waals surface area contributed by atoms with E-state index in [1.54, 1.807) is 30.0 Å². The number of morpholine rings is 1. The van der Waals surface area contributed by atoms with Gasteiger partial charge in [-0.15, -0.1) is 0 Å². The predicted octanol–water partition coefficient (Wildman–Crippen LogP) is 1.61. The van der Waals surface area contributed by atoms with Crippen LogP contribution in [0, 0.1) is 12.3 Å². The zero-order chi connectivity index (χ0) is 23.6. The Morgan fingerprint density at radius 3 is 2.58 bits per heavy atom. The molecule has 2 aromatic rings. The largest absolute Gasteiger partial charge is 0.365 e. The molecule has 2 heterocycles. The van der Waals surface area contributed by atoms with Crippen LogP contribution in [-0.2, 0) is 26.0 Å². The van der Waals surface area contributed by atoms with Gasteiger partial charge in [0.25, 0.3) is 10.0 Å². The highest BCUT2D eigenvalue weighted by atomic mass is 32.2. The summed E-state index contributed by atoms with van der Waals surface area (Å²) in [4.78, 5) is 27.8. The van der Waals surface area contributed by atoms with E-state index in [-0.39, 0.29) is 29.8 Å². The van der Waals surface area contributed by atoms with E-state index >= 15 is 0 Å². The first-order chi connectivity index (χ1) is 15.7. The van der Waals surface area contributed by atoms with Crippen LogP contribution in [0.3, 0.4) is 0 Å². The highest BCUT2D eigenvalue weighted by molar-refractivity contribution is 7.90. The van der Waals surface area contributed by atoms with Gasteiger partial charge in [0.1, 0.15) is 11.6 Å². The minimum absolute atomic E-state index is 0.00647. The van der Waals surface area contributed by atoms with Crippen molar-refractivity contribution in [1.82, 2.24) is 14.9 Å². The molecule has 2 bridgehead atoms. The molecule has 2 aliphatic rings. The molecule has 3 N–H and O–H groups in total. The van der Waals surface area contributed by atoms with Crippen molar-refractivity contribution in [3.05, 3.63) is 65.7 Å². The van der Waals surface area contributed by atoms with Gasteiger partial charge in [0, 0.05) is 19.1 Å². The zero-order valence-electron chi connectivity index (χ0n) is 18.2. The molecule has 0 aliphatic carbocycles. The number of aryl methyl sites for hydroxylation is 1. The molecule has 2 aliphatic heterocycles. The van der Waals surface area contributed by atoms with Crippen LogP contribution in [0.1, 0.15) is 17.5 Å². The van der Waals surface area contributed by atoms with E-state index < -0.39 is 27.7 Å². The lowest BCUT2D eigenvalue weighted by Crippen LogP contribution is -2.56. The number of amides is 3. The molecule has 33 heavy (non-hydrogen) atoms. The van der Waals surface area contributed by atoms with E-state index in [0.717, 1.165) is 5.56 Å². The number of nitrogens with one attached hydrogen (secondary N) is 3. The van der Waals surface area contributed by atoms with Crippen LogP contribution < -0.4 is 10.0 Å². The van der Waals surface area contributed by atoms with Gasteiger partial charge in [-0.3, -0.25) is 4.79 Å². The lowest BCUT2D eigenvalue weighted by Gasteiger charge is -2.33. The molecule has 0 radical (unpaired) electrons. The number of rotatable bonds is 7.